The van der Waals surface area contributed by atoms with E-state index in [0.29, 0.717) is 19.4 Å². The van der Waals surface area contributed by atoms with Crippen LogP contribution in [-0.4, -0.2) is 30.4 Å². The first-order valence-electron chi connectivity index (χ1n) is 17.5. The van der Waals surface area contributed by atoms with Crippen LogP contribution in [0.5, 0.6) is 5.75 Å². The van der Waals surface area contributed by atoms with E-state index in [4.69, 9.17) is 9.47 Å². The summed E-state index contributed by atoms with van der Waals surface area (Å²) in [6, 6.07) is 4.35. The Morgan fingerprint density at radius 1 is 0.714 bits per heavy atom. The Morgan fingerprint density at radius 3 is 1.50 bits per heavy atom. The molecule has 0 spiro atoms. The molecule has 0 aromatic heterocycles. The quantitative estimate of drug-likeness (QED) is 0.102. The lowest BCUT2D eigenvalue weighted by Gasteiger charge is -2.31. The van der Waals surface area contributed by atoms with E-state index in [-0.39, 0.29) is 23.4 Å². The predicted octanol–water partition coefficient (Wildman–Crippen LogP) is 10.8. The first kappa shape index (κ1) is 38.5. The van der Waals surface area contributed by atoms with Crippen LogP contribution in [0.4, 0.5) is 0 Å². The molecule has 244 valence electrons. The monoisotopic (exact) mass is 589 g/mol. The maximum atomic E-state index is 12.5. The summed E-state index contributed by atoms with van der Waals surface area (Å²) in [5.41, 5.74) is 3.11. The molecule has 0 bridgehead atoms. The molecule has 0 aliphatic heterocycles. The van der Waals surface area contributed by atoms with Crippen LogP contribution in [0.3, 0.4) is 0 Å². The Bertz CT molecular complexity index is 809. The first-order chi connectivity index (χ1) is 19.9. The second-order valence-electron chi connectivity index (χ2n) is 14.7. The second-order valence-corrected chi connectivity index (χ2v) is 14.7. The molecule has 4 heteroatoms. The summed E-state index contributed by atoms with van der Waals surface area (Å²) in [6.45, 7) is 17.9. The lowest BCUT2D eigenvalue weighted by Crippen LogP contribution is -2.23. The molecule has 0 amide bonds. The molecule has 0 saturated carbocycles. The summed E-state index contributed by atoms with van der Waals surface area (Å²) in [6.07, 6.45) is 22.0. The molecule has 0 aliphatic carbocycles. The smallest absolute Gasteiger partial charge is 0.306 e. The van der Waals surface area contributed by atoms with Gasteiger partial charge in [-0.25, -0.2) is 0 Å². The Hall–Kier alpha value is -1.55. The molecule has 1 atom stereocenters. The second kappa shape index (κ2) is 21.2. The van der Waals surface area contributed by atoms with Crippen LogP contribution < -0.4 is 4.74 Å². The molecule has 1 N–H and O–H groups in total. The molecule has 42 heavy (non-hydrogen) atoms. The molecule has 0 heterocycles. The van der Waals surface area contributed by atoms with Gasteiger partial charge in [0.05, 0.1) is 12.7 Å². The van der Waals surface area contributed by atoms with E-state index in [1.165, 1.54) is 89.9 Å². The number of carbonyl (C=O) groups excluding carboxylic acids is 1. The summed E-state index contributed by atoms with van der Waals surface area (Å²) in [7, 11) is 0. The molecule has 0 radical (unpaired) electrons. The zero-order valence-corrected chi connectivity index (χ0v) is 29.0. The number of aliphatic hydroxyl groups is 1. The SMILES string of the molecule is CCCCCCCCCCCCCCCCCCOC(=O)CCc1cc(C(C)(C)C)c(OCC(C)O)c(C(C)(C)C)c1. The van der Waals surface area contributed by atoms with Gasteiger partial charge in [0, 0.05) is 17.5 Å². The summed E-state index contributed by atoms with van der Waals surface area (Å²) >= 11 is 0. The standard InChI is InChI=1S/C38H68O4/c1-9-10-11-12-13-14-15-16-17-18-19-20-21-22-23-24-27-41-35(40)26-25-32-28-33(37(3,4)5)36(42-30-31(2)39)34(29-32)38(6,7)8/h28-29,31,39H,9-27,30H2,1-8H3. The minimum Gasteiger partial charge on any atom is -0.490 e. The number of ether oxygens (including phenoxy) is 2. The molecule has 1 aromatic carbocycles. The number of carbonyl (C=O) groups is 1. The lowest BCUT2D eigenvalue weighted by molar-refractivity contribution is -0.143. The summed E-state index contributed by atoms with van der Waals surface area (Å²) < 4.78 is 11.7. The van der Waals surface area contributed by atoms with Crippen molar-refractivity contribution in [3.05, 3.63) is 28.8 Å². The van der Waals surface area contributed by atoms with Crippen LogP contribution in [0.25, 0.3) is 0 Å². The average molecular weight is 589 g/mol. The van der Waals surface area contributed by atoms with Gasteiger partial charge in [-0.2, -0.15) is 0 Å². The van der Waals surface area contributed by atoms with Crippen LogP contribution in [0, 0.1) is 0 Å². The number of hydrogen-bond acceptors (Lipinski definition) is 4. The van der Waals surface area contributed by atoms with E-state index >= 15 is 0 Å². The van der Waals surface area contributed by atoms with Gasteiger partial charge in [-0.1, -0.05) is 157 Å². The number of unbranched alkanes of at least 4 members (excludes halogenated alkanes) is 15. The zero-order chi connectivity index (χ0) is 31.4. The molecule has 1 rings (SSSR count). The van der Waals surface area contributed by atoms with Crippen molar-refractivity contribution in [3.63, 3.8) is 0 Å². The molecule has 1 unspecified atom stereocenters. The highest BCUT2D eigenvalue weighted by Crippen LogP contribution is 2.41. The van der Waals surface area contributed by atoms with Gasteiger partial charge in [0.15, 0.2) is 0 Å². The van der Waals surface area contributed by atoms with Gasteiger partial charge in [-0.15, -0.1) is 0 Å². The highest BCUT2D eigenvalue weighted by Gasteiger charge is 2.28. The van der Waals surface area contributed by atoms with Crippen molar-refractivity contribution in [2.45, 2.75) is 188 Å². The number of aliphatic hydroxyl groups excluding tert-OH is 1. The molecule has 0 aliphatic rings. The van der Waals surface area contributed by atoms with Crippen molar-refractivity contribution in [2.24, 2.45) is 0 Å². The number of hydrogen-bond donors (Lipinski definition) is 1. The number of esters is 1. The maximum absolute atomic E-state index is 12.5. The van der Waals surface area contributed by atoms with E-state index in [0.717, 1.165) is 35.3 Å². The lowest BCUT2D eigenvalue weighted by atomic mass is 9.78. The third kappa shape index (κ3) is 17.5. The number of rotatable bonds is 23. The Balaban J connectivity index is 2.30. The van der Waals surface area contributed by atoms with Crippen molar-refractivity contribution in [1.29, 1.82) is 0 Å². The molecule has 4 nitrogen and oxygen atoms in total. The average Bonchev–Trinajstić information content (AvgIpc) is 2.91. The minimum absolute atomic E-state index is 0.111. The Morgan fingerprint density at radius 2 is 1.12 bits per heavy atom. The topological polar surface area (TPSA) is 55.8 Å². The molecule has 1 aromatic rings. The van der Waals surface area contributed by atoms with Crippen LogP contribution in [0.1, 0.15) is 181 Å². The summed E-state index contributed by atoms with van der Waals surface area (Å²) in [5.74, 6) is 0.755. The largest absolute Gasteiger partial charge is 0.490 e. The molecular weight excluding hydrogens is 520 g/mol. The van der Waals surface area contributed by atoms with E-state index in [2.05, 4.69) is 60.6 Å². The van der Waals surface area contributed by atoms with Crippen molar-refractivity contribution in [2.75, 3.05) is 13.2 Å². The van der Waals surface area contributed by atoms with E-state index in [1.807, 2.05) is 0 Å². The van der Waals surface area contributed by atoms with Gasteiger partial charge in [0.25, 0.3) is 0 Å². The molecule has 0 fully saturated rings. The highest BCUT2D eigenvalue weighted by atomic mass is 16.5. The first-order valence-corrected chi connectivity index (χ1v) is 17.5. The van der Waals surface area contributed by atoms with E-state index in [1.54, 1.807) is 6.92 Å². The zero-order valence-electron chi connectivity index (χ0n) is 29.0. The fraction of sp³-hybridized carbons (Fsp3) is 0.816. The van der Waals surface area contributed by atoms with E-state index in [9.17, 15) is 9.90 Å². The number of benzene rings is 1. The highest BCUT2D eigenvalue weighted by molar-refractivity contribution is 5.69. The molecular formula is C38H68O4. The summed E-state index contributed by atoms with van der Waals surface area (Å²) in [5, 5.41) is 9.84. The van der Waals surface area contributed by atoms with Crippen molar-refractivity contribution < 1.29 is 19.4 Å². The van der Waals surface area contributed by atoms with Gasteiger partial charge < -0.3 is 14.6 Å². The maximum Gasteiger partial charge on any atom is 0.306 e. The summed E-state index contributed by atoms with van der Waals surface area (Å²) in [4.78, 5) is 12.5. The molecule has 0 saturated heterocycles. The van der Waals surface area contributed by atoms with Gasteiger partial charge >= 0.3 is 5.97 Å². The van der Waals surface area contributed by atoms with Crippen molar-refractivity contribution in [3.8, 4) is 5.75 Å². The van der Waals surface area contributed by atoms with E-state index < -0.39 is 6.10 Å². The third-order valence-electron chi connectivity index (χ3n) is 8.11. The fourth-order valence-electron chi connectivity index (χ4n) is 5.46. The van der Waals surface area contributed by atoms with Crippen molar-refractivity contribution >= 4 is 5.97 Å². The van der Waals surface area contributed by atoms with Gasteiger partial charge in [-0.3, -0.25) is 4.79 Å². The van der Waals surface area contributed by atoms with Crippen LogP contribution in [0.2, 0.25) is 0 Å². The van der Waals surface area contributed by atoms with Crippen LogP contribution in [0.15, 0.2) is 12.1 Å². The third-order valence-corrected chi connectivity index (χ3v) is 8.11. The Kier molecular flexibility index (Phi) is 19.4. The minimum atomic E-state index is -0.533. The van der Waals surface area contributed by atoms with Crippen LogP contribution in [-0.2, 0) is 26.8 Å². The fourth-order valence-corrected chi connectivity index (χ4v) is 5.46. The predicted molar refractivity (Wildman–Crippen MR) is 180 cm³/mol. The normalized spacial score (nSPS) is 12.9. The van der Waals surface area contributed by atoms with Crippen molar-refractivity contribution in [1.82, 2.24) is 0 Å². The Labute approximate surface area is 260 Å². The van der Waals surface area contributed by atoms with Gasteiger partial charge in [0.2, 0.25) is 0 Å². The van der Waals surface area contributed by atoms with Gasteiger partial charge in [-0.05, 0) is 36.2 Å². The van der Waals surface area contributed by atoms with Crippen LogP contribution >= 0.6 is 0 Å². The number of aryl methyl sites for hydroxylation is 1. The van der Waals surface area contributed by atoms with Gasteiger partial charge in [0.1, 0.15) is 12.4 Å².